The summed E-state index contributed by atoms with van der Waals surface area (Å²) in [5.74, 6) is 1.31. The lowest BCUT2D eigenvalue weighted by molar-refractivity contribution is -0.306. The lowest BCUT2D eigenvalue weighted by atomic mass is 9.98. The van der Waals surface area contributed by atoms with E-state index < -0.39 is 30.7 Å². The summed E-state index contributed by atoms with van der Waals surface area (Å²) in [5.41, 5.74) is 1.89. The van der Waals surface area contributed by atoms with Crippen LogP contribution in [-0.2, 0) is 27.4 Å². The van der Waals surface area contributed by atoms with Gasteiger partial charge in [0.15, 0.2) is 6.29 Å². The number of aliphatic hydroxyl groups is 2. The average molecular weight is 467 g/mol. The zero-order chi connectivity index (χ0) is 23.8. The minimum Gasteiger partial charge on any atom is -0.497 e. The summed E-state index contributed by atoms with van der Waals surface area (Å²) in [6.45, 7) is 0.532. The van der Waals surface area contributed by atoms with Crippen LogP contribution in [-0.4, -0.2) is 54.6 Å². The van der Waals surface area contributed by atoms with Crippen molar-refractivity contribution < 1.29 is 33.9 Å². The van der Waals surface area contributed by atoms with Gasteiger partial charge < -0.3 is 33.9 Å². The number of rotatable bonds is 10. The Morgan fingerprint density at radius 3 is 1.79 bits per heavy atom. The van der Waals surface area contributed by atoms with E-state index in [1.54, 1.807) is 31.4 Å². The molecule has 1 aliphatic rings. The van der Waals surface area contributed by atoms with E-state index in [0.29, 0.717) is 11.5 Å². The summed E-state index contributed by atoms with van der Waals surface area (Å²) in [4.78, 5) is 0. The Morgan fingerprint density at radius 1 is 0.706 bits per heavy atom. The Bertz CT molecular complexity index is 981. The van der Waals surface area contributed by atoms with E-state index in [2.05, 4.69) is 0 Å². The normalized spacial score (nSPS) is 24.5. The van der Waals surface area contributed by atoms with Crippen molar-refractivity contribution in [3.8, 4) is 11.5 Å². The molecule has 0 saturated carbocycles. The van der Waals surface area contributed by atoms with Gasteiger partial charge in [-0.2, -0.15) is 0 Å². The van der Waals surface area contributed by atoms with Crippen molar-refractivity contribution in [2.24, 2.45) is 0 Å². The maximum absolute atomic E-state index is 11.1. The van der Waals surface area contributed by atoms with Crippen LogP contribution in [0.5, 0.6) is 11.5 Å². The first-order valence-electron chi connectivity index (χ1n) is 11.2. The first-order chi connectivity index (χ1) is 16.6. The lowest BCUT2D eigenvalue weighted by Crippen LogP contribution is -2.60. The fourth-order valence-corrected chi connectivity index (χ4v) is 3.80. The molecule has 1 aliphatic heterocycles. The number of benzene rings is 3. The molecule has 0 aliphatic carbocycles. The van der Waals surface area contributed by atoms with Crippen molar-refractivity contribution in [3.05, 3.63) is 96.1 Å². The molecular weight excluding hydrogens is 436 g/mol. The predicted octanol–water partition coefficient (Wildman–Crippen LogP) is 3.32. The van der Waals surface area contributed by atoms with Crippen molar-refractivity contribution in [1.29, 1.82) is 0 Å². The fraction of sp³-hybridized carbons (Fsp3) is 0.333. The molecule has 0 unspecified atom stereocenters. The van der Waals surface area contributed by atoms with Crippen LogP contribution < -0.4 is 9.47 Å². The zero-order valence-corrected chi connectivity index (χ0v) is 19.0. The third kappa shape index (κ3) is 6.34. The highest BCUT2D eigenvalue weighted by molar-refractivity contribution is 5.31. The van der Waals surface area contributed by atoms with Gasteiger partial charge in [0, 0.05) is 0 Å². The molecule has 34 heavy (non-hydrogen) atoms. The molecule has 0 aromatic heterocycles. The second kappa shape index (κ2) is 12.0. The number of aliphatic hydroxyl groups excluding tert-OH is 2. The summed E-state index contributed by atoms with van der Waals surface area (Å²) < 4.78 is 28.7. The monoisotopic (exact) mass is 466 g/mol. The highest BCUT2D eigenvalue weighted by Crippen LogP contribution is 2.28. The molecule has 180 valence electrons. The lowest BCUT2D eigenvalue weighted by Gasteiger charge is -2.42. The quantitative estimate of drug-likeness (QED) is 0.474. The molecule has 5 atom stereocenters. The molecule has 0 radical (unpaired) electrons. The Morgan fingerprint density at radius 2 is 1.24 bits per heavy atom. The molecule has 7 nitrogen and oxygen atoms in total. The van der Waals surface area contributed by atoms with Gasteiger partial charge in [-0.15, -0.1) is 0 Å². The first-order valence-corrected chi connectivity index (χ1v) is 11.2. The summed E-state index contributed by atoms with van der Waals surface area (Å²) in [6.07, 6.45) is -4.88. The van der Waals surface area contributed by atoms with E-state index >= 15 is 0 Å². The second-order valence-corrected chi connectivity index (χ2v) is 8.06. The predicted molar refractivity (Wildman–Crippen MR) is 125 cm³/mol. The first kappa shape index (κ1) is 24.2. The van der Waals surface area contributed by atoms with Crippen LogP contribution in [0.3, 0.4) is 0 Å². The molecule has 2 N–H and O–H groups in total. The van der Waals surface area contributed by atoms with E-state index in [1.165, 1.54) is 0 Å². The summed E-state index contributed by atoms with van der Waals surface area (Å²) in [7, 11) is 1.59. The molecule has 4 rings (SSSR count). The van der Waals surface area contributed by atoms with Crippen LogP contribution >= 0.6 is 0 Å². The van der Waals surface area contributed by atoms with Crippen LogP contribution in [0.15, 0.2) is 84.9 Å². The van der Waals surface area contributed by atoms with Crippen LogP contribution in [0.4, 0.5) is 0 Å². The van der Waals surface area contributed by atoms with Gasteiger partial charge in [0.25, 0.3) is 0 Å². The van der Waals surface area contributed by atoms with E-state index in [1.807, 2.05) is 60.7 Å². The van der Waals surface area contributed by atoms with E-state index in [4.69, 9.17) is 23.7 Å². The highest BCUT2D eigenvalue weighted by Gasteiger charge is 2.46. The number of hydrogen-bond donors (Lipinski definition) is 2. The van der Waals surface area contributed by atoms with Crippen molar-refractivity contribution >= 4 is 0 Å². The largest absolute Gasteiger partial charge is 0.497 e. The van der Waals surface area contributed by atoms with Gasteiger partial charge >= 0.3 is 0 Å². The van der Waals surface area contributed by atoms with Crippen molar-refractivity contribution in [3.63, 3.8) is 0 Å². The minimum absolute atomic E-state index is 0.0289. The van der Waals surface area contributed by atoms with Crippen molar-refractivity contribution in [2.45, 2.75) is 43.9 Å². The van der Waals surface area contributed by atoms with Crippen LogP contribution in [0.25, 0.3) is 0 Å². The molecule has 0 bridgehead atoms. The molecule has 1 fully saturated rings. The van der Waals surface area contributed by atoms with Gasteiger partial charge in [0.05, 0.1) is 20.3 Å². The molecular formula is C27H30O7. The Labute approximate surface area is 199 Å². The summed E-state index contributed by atoms with van der Waals surface area (Å²) in [5, 5.41) is 21.9. The van der Waals surface area contributed by atoms with Gasteiger partial charge in [-0.3, -0.25) is 0 Å². The Kier molecular flexibility index (Phi) is 8.51. The Hall–Kier alpha value is -2.94. The third-order valence-electron chi connectivity index (χ3n) is 5.68. The topological polar surface area (TPSA) is 86.6 Å². The molecule has 1 saturated heterocycles. The maximum Gasteiger partial charge on any atom is 0.184 e. The van der Waals surface area contributed by atoms with Gasteiger partial charge in [0.1, 0.15) is 42.5 Å². The van der Waals surface area contributed by atoms with Crippen LogP contribution in [0, 0.1) is 0 Å². The smallest absolute Gasteiger partial charge is 0.184 e. The summed E-state index contributed by atoms with van der Waals surface area (Å²) >= 11 is 0. The van der Waals surface area contributed by atoms with Crippen molar-refractivity contribution in [2.75, 3.05) is 13.7 Å². The molecule has 0 spiro atoms. The van der Waals surface area contributed by atoms with Crippen molar-refractivity contribution in [1.82, 2.24) is 0 Å². The molecule has 1 heterocycles. The molecule has 7 heteroatoms. The van der Waals surface area contributed by atoms with E-state index in [0.717, 1.165) is 11.1 Å². The van der Waals surface area contributed by atoms with Gasteiger partial charge in [-0.05, 0) is 35.4 Å². The van der Waals surface area contributed by atoms with Crippen LogP contribution in [0.1, 0.15) is 11.1 Å². The van der Waals surface area contributed by atoms with Gasteiger partial charge in [-0.1, -0.05) is 60.7 Å². The Balaban J connectivity index is 1.44. The fourth-order valence-electron chi connectivity index (χ4n) is 3.80. The SMILES string of the molecule is COc1ccc(OC[C@H]2O[C@@H](O)[C@H](OCc3ccccc3)[C@@H](OCc3ccccc3)[C@H]2O)cc1. The molecule has 3 aromatic carbocycles. The summed E-state index contributed by atoms with van der Waals surface area (Å²) in [6, 6.07) is 26.3. The second-order valence-electron chi connectivity index (χ2n) is 8.06. The number of hydrogen-bond acceptors (Lipinski definition) is 7. The number of methoxy groups -OCH3 is 1. The average Bonchev–Trinajstić information content (AvgIpc) is 2.89. The minimum atomic E-state index is -1.29. The van der Waals surface area contributed by atoms with Gasteiger partial charge in [-0.25, -0.2) is 0 Å². The standard InChI is InChI=1S/C27H30O7/c1-30-21-12-14-22(15-13-21)31-18-23-24(28)25(32-16-19-8-4-2-5-9-19)26(27(29)34-23)33-17-20-10-6-3-7-11-20/h2-15,23-29H,16-18H2,1H3/t23-,24+,25+,26-,27-/m1/s1. The zero-order valence-electron chi connectivity index (χ0n) is 19.0. The number of ether oxygens (including phenoxy) is 5. The van der Waals surface area contributed by atoms with Gasteiger partial charge in [0.2, 0.25) is 0 Å². The third-order valence-corrected chi connectivity index (χ3v) is 5.68. The van der Waals surface area contributed by atoms with Crippen LogP contribution in [0.2, 0.25) is 0 Å². The molecule has 0 amide bonds. The van der Waals surface area contributed by atoms with E-state index in [-0.39, 0.29) is 19.8 Å². The maximum atomic E-state index is 11.1. The molecule has 3 aromatic rings. The van der Waals surface area contributed by atoms with E-state index in [9.17, 15) is 10.2 Å². The highest BCUT2D eigenvalue weighted by atomic mass is 16.7.